The standard InChI is InChI=1S/C8H17NO/c1-6-4-5-10-7(2)8(6)9-3/h6-9H,4-5H2,1-3H3. The molecule has 2 nitrogen and oxygen atoms in total. The highest BCUT2D eigenvalue weighted by atomic mass is 16.5. The fourth-order valence-corrected chi connectivity index (χ4v) is 1.70. The molecule has 0 amide bonds. The molecule has 1 N–H and O–H groups in total. The first-order valence-electron chi connectivity index (χ1n) is 4.04. The van der Waals surface area contributed by atoms with Crippen molar-refractivity contribution < 1.29 is 4.74 Å². The zero-order chi connectivity index (χ0) is 7.56. The maximum atomic E-state index is 5.49. The molecular formula is C8H17NO. The van der Waals surface area contributed by atoms with Gasteiger partial charge in [0.15, 0.2) is 0 Å². The highest BCUT2D eigenvalue weighted by Gasteiger charge is 2.26. The minimum absolute atomic E-state index is 0.383. The van der Waals surface area contributed by atoms with E-state index in [1.165, 1.54) is 6.42 Å². The average molecular weight is 143 g/mol. The predicted octanol–water partition coefficient (Wildman–Crippen LogP) is 1.02. The van der Waals surface area contributed by atoms with Crippen molar-refractivity contribution in [3.05, 3.63) is 0 Å². The van der Waals surface area contributed by atoms with E-state index in [0.717, 1.165) is 12.5 Å². The molecule has 60 valence electrons. The molecule has 0 aromatic carbocycles. The number of likely N-dealkylation sites (N-methyl/N-ethyl adjacent to an activating group) is 1. The summed E-state index contributed by atoms with van der Waals surface area (Å²) in [7, 11) is 2.01. The van der Waals surface area contributed by atoms with Gasteiger partial charge in [-0.15, -0.1) is 0 Å². The number of ether oxygens (including phenoxy) is 1. The molecule has 1 aliphatic rings. The van der Waals surface area contributed by atoms with Gasteiger partial charge < -0.3 is 10.1 Å². The second-order valence-electron chi connectivity index (χ2n) is 3.16. The summed E-state index contributed by atoms with van der Waals surface area (Å²) in [6.45, 7) is 5.34. The van der Waals surface area contributed by atoms with Crippen molar-refractivity contribution in [1.82, 2.24) is 5.32 Å². The van der Waals surface area contributed by atoms with Crippen LogP contribution in [0, 0.1) is 5.92 Å². The van der Waals surface area contributed by atoms with Crippen LogP contribution in [0.5, 0.6) is 0 Å². The fourth-order valence-electron chi connectivity index (χ4n) is 1.70. The third-order valence-electron chi connectivity index (χ3n) is 2.41. The Kier molecular flexibility index (Phi) is 2.69. The van der Waals surface area contributed by atoms with Crippen molar-refractivity contribution in [2.75, 3.05) is 13.7 Å². The van der Waals surface area contributed by atoms with Crippen LogP contribution in [0.25, 0.3) is 0 Å². The summed E-state index contributed by atoms with van der Waals surface area (Å²) in [4.78, 5) is 0. The van der Waals surface area contributed by atoms with Gasteiger partial charge in [-0.3, -0.25) is 0 Å². The lowest BCUT2D eigenvalue weighted by Crippen LogP contribution is -2.46. The molecule has 1 rings (SSSR count). The van der Waals surface area contributed by atoms with E-state index >= 15 is 0 Å². The minimum Gasteiger partial charge on any atom is -0.377 e. The van der Waals surface area contributed by atoms with Gasteiger partial charge in [-0.1, -0.05) is 6.92 Å². The van der Waals surface area contributed by atoms with Gasteiger partial charge in [0.05, 0.1) is 6.10 Å². The Morgan fingerprint density at radius 1 is 1.40 bits per heavy atom. The van der Waals surface area contributed by atoms with Gasteiger partial charge in [0.25, 0.3) is 0 Å². The average Bonchev–Trinajstić information content (AvgIpc) is 1.88. The van der Waals surface area contributed by atoms with Crippen LogP contribution in [0.4, 0.5) is 0 Å². The van der Waals surface area contributed by atoms with Crippen molar-refractivity contribution >= 4 is 0 Å². The largest absolute Gasteiger partial charge is 0.377 e. The van der Waals surface area contributed by atoms with E-state index in [2.05, 4.69) is 19.2 Å². The Labute approximate surface area is 63.0 Å². The third-order valence-corrected chi connectivity index (χ3v) is 2.41. The first-order valence-corrected chi connectivity index (χ1v) is 4.04. The van der Waals surface area contributed by atoms with Crippen molar-refractivity contribution in [2.24, 2.45) is 5.92 Å². The van der Waals surface area contributed by atoms with E-state index in [-0.39, 0.29) is 0 Å². The molecule has 10 heavy (non-hydrogen) atoms. The maximum absolute atomic E-state index is 5.49. The summed E-state index contributed by atoms with van der Waals surface area (Å²) in [6, 6.07) is 0.550. The van der Waals surface area contributed by atoms with E-state index < -0.39 is 0 Å². The number of hydrogen-bond donors (Lipinski definition) is 1. The van der Waals surface area contributed by atoms with Gasteiger partial charge in [0.1, 0.15) is 0 Å². The van der Waals surface area contributed by atoms with Crippen LogP contribution in [0.1, 0.15) is 20.3 Å². The Hall–Kier alpha value is -0.0800. The summed E-state index contributed by atoms with van der Waals surface area (Å²) in [5, 5.41) is 3.28. The van der Waals surface area contributed by atoms with Crippen molar-refractivity contribution in [2.45, 2.75) is 32.4 Å². The molecule has 1 heterocycles. The lowest BCUT2D eigenvalue weighted by atomic mass is 9.92. The molecule has 1 aliphatic heterocycles. The van der Waals surface area contributed by atoms with Crippen molar-refractivity contribution in [3.8, 4) is 0 Å². The molecule has 0 aromatic rings. The second kappa shape index (κ2) is 3.35. The molecule has 0 aromatic heterocycles. The Morgan fingerprint density at radius 3 is 2.50 bits per heavy atom. The van der Waals surface area contributed by atoms with Gasteiger partial charge in [-0.25, -0.2) is 0 Å². The molecule has 3 atom stereocenters. The number of nitrogens with one attached hydrogen (secondary N) is 1. The summed E-state index contributed by atoms with van der Waals surface area (Å²) >= 11 is 0. The molecule has 1 fully saturated rings. The smallest absolute Gasteiger partial charge is 0.0702 e. The molecule has 0 spiro atoms. The Balaban J connectivity index is 2.45. The Morgan fingerprint density at radius 2 is 2.10 bits per heavy atom. The van der Waals surface area contributed by atoms with Gasteiger partial charge in [-0.05, 0) is 26.3 Å². The van der Waals surface area contributed by atoms with Gasteiger partial charge in [0, 0.05) is 12.6 Å². The van der Waals surface area contributed by atoms with Crippen molar-refractivity contribution in [3.63, 3.8) is 0 Å². The lowest BCUT2D eigenvalue weighted by molar-refractivity contribution is -0.0193. The molecule has 3 unspecified atom stereocenters. The summed E-state index contributed by atoms with van der Waals surface area (Å²) in [5.74, 6) is 0.758. The minimum atomic E-state index is 0.383. The third kappa shape index (κ3) is 1.50. The van der Waals surface area contributed by atoms with Crippen LogP contribution in [0.3, 0.4) is 0 Å². The fraction of sp³-hybridized carbons (Fsp3) is 1.00. The molecular weight excluding hydrogens is 126 g/mol. The lowest BCUT2D eigenvalue weighted by Gasteiger charge is -2.34. The highest BCUT2D eigenvalue weighted by Crippen LogP contribution is 2.19. The second-order valence-corrected chi connectivity index (χ2v) is 3.16. The van der Waals surface area contributed by atoms with E-state index in [0.29, 0.717) is 12.1 Å². The van der Waals surface area contributed by atoms with E-state index in [9.17, 15) is 0 Å². The van der Waals surface area contributed by atoms with Crippen LogP contribution in [0.2, 0.25) is 0 Å². The highest BCUT2D eigenvalue weighted by molar-refractivity contribution is 4.81. The summed E-state index contributed by atoms with van der Waals surface area (Å²) in [6.07, 6.45) is 1.57. The molecule has 1 saturated heterocycles. The van der Waals surface area contributed by atoms with E-state index in [1.807, 2.05) is 7.05 Å². The van der Waals surface area contributed by atoms with Gasteiger partial charge in [-0.2, -0.15) is 0 Å². The van der Waals surface area contributed by atoms with Crippen LogP contribution in [0.15, 0.2) is 0 Å². The van der Waals surface area contributed by atoms with Crippen LogP contribution < -0.4 is 5.32 Å². The summed E-state index contributed by atoms with van der Waals surface area (Å²) in [5.41, 5.74) is 0. The van der Waals surface area contributed by atoms with Crippen LogP contribution in [-0.4, -0.2) is 25.8 Å². The molecule has 2 heteroatoms. The van der Waals surface area contributed by atoms with Gasteiger partial charge in [0.2, 0.25) is 0 Å². The SMILES string of the molecule is CNC1C(C)CCOC1C. The number of hydrogen-bond acceptors (Lipinski definition) is 2. The van der Waals surface area contributed by atoms with Gasteiger partial charge >= 0.3 is 0 Å². The molecule has 0 radical (unpaired) electrons. The first-order chi connectivity index (χ1) is 4.75. The molecule has 0 bridgehead atoms. The molecule has 0 aliphatic carbocycles. The predicted molar refractivity (Wildman–Crippen MR) is 42.0 cm³/mol. The zero-order valence-electron chi connectivity index (χ0n) is 7.05. The number of rotatable bonds is 1. The molecule has 0 saturated carbocycles. The van der Waals surface area contributed by atoms with E-state index in [4.69, 9.17) is 4.74 Å². The van der Waals surface area contributed by atoms with Crippen molar-refractivity contribution in [1.29, 1.82) is 0 Å². The van der Waals surface area contributed by atoms with E-state index in [1.54, 1.807) is 0 Å². The maximum Gasteiger partial charge on any atom is 0.0702 e. The van der Waals surface area contributed by atoms with Crippen LogP contribution in [-0.2, 0) is 4.74 Å². The monoisotopic (exact) mass is 143 g/mol. The quantitative estimate of drug-likeness (QED) is 0.591. The zero-order valence-corrected chi connectivity index (χ0v) is 7.05. The van der Waals surface area contributed by atoms with Crippen LogP contribution >= 0.6 is 0 Å². The summed E-state index contributed by atoms with van der Waals surface area (Å²) < 4.78 is 5.49. The Bertz CT molecular complexity index is 95.4. The normalized spacial score (nSPS) is 41.7. The topological polar surface area (TPSA) is 21.3 Å². The first kappa shape index (κ1) is 8.02.